The van der Waals surface area contributed by atoms with Crippen LogP contribution in [-0.4, -0.2) is 42.1 Å². The van der Waals surface area contributed by atoms with Crippen LogP contribution in [0.5, 0.6) is 0 Å². The molecular weight excluding hydrogens is 292 g/mol. The van der Waals surface area contributed by atoms with Gasteiger partial charge in [-0.05, 0) is 11.6 Å². The van der Waals surface area contributed by atoms with Gasteiger partial charge in [-0.3, -0.25) is 4.79 Å². The van der Waals surface area contributed by atoms with Gasteiger partial charge in [0.15, 0.2) is 0 Å². The fourth-order valence-corrected chi connectivity index (χ4v) is 2.65. The van der Waals surface area contributed by atoms with Crippen molar-refractivity contribution in [3.05, 3.63) is 64.6 Å². The predicted octanol–water partition coefficient (Wildman–Crippen LogP) is 1.41. The van der Waals surface area contributed by atoms with Crippen LogP contribution >= 0.6 is 0 Å². The number of piperazine rings is 1. The van der Waals surface area contributed by atoms with Crippen LogP contribution in [0.3, 0.4) is 0 Å². The molecule has 1 aliphatic heterocycles. The van der Waals surface area contributed by atoms with Gasteiger partial charge in [0, 0.05) is 45.0 Å². The Bertz CT molecular complexity index is 686. The zero-order valence-electron chi connectivity index (χ0n) is 12.9. The summed E-state index contributed by atoms with van der Waals surface area (Å²) in [6.07, 6.45) is 1.72. The van der Waals surface area contributed by atoms with E-state index in [0.717, 1.165) is 24.3 Å². The molecule has 1 aromatic heterocycles. The van der Waals surface area contributed by atoms with Gasteiger partial charge in [-0.1, -0.05) is 30.3 Å². The highest BCUT2D eigenvalue weighted by Crippen LogP contribution is 2.13. The number of H-pyrrole nitrogens is 1. The second-order valence-electron chi connectivity index (χ2n) is 5.53. The minimum atomic E-state index is -0.104. The number of hydrogen-bond acceptors (Lipinski definition) is 3. The van der Waals surface area contributed by atoms with Gasteiger partial charge in [-0.25, -0.2) is 4.79 Å². The van der Waals surface area contributed by atoms with Gasteiger partial charge in [-0.2, -0.15) is 0 Å². The second-order valence-corrected chi connectivity index (χ2v) is 5.53. The molecule has 1 aliphatic rings. The van der Waals surface area contributed by atoms with E-state index < -0.39 is 0 Å². The summed E-state index contributed by atoms with van der Waals surface area (Å²) in [6.45, 7) is 3.38. The SMILES string of the molecule is O=C(NCc1ccccc1)N1CCN(c2ccc(=O)[nH]c2)CC1. The number of pyridine rings is 1. The lowest BCUT2D eigenvalue weighted by Gasteiger charge is -2.35. The first kappa shape index (κ1) is 15.1. The predicted molar refractivity (Wildman–Crippen MR) is 89.5 cm³/mol. The Balaban J connectivity index is 1.49. The molecule has 0 atom stereocenters. The number of anilines is 1. The van der Waals surface area contributed by atoms with Crippen molar-refractivity contribution in [2.24, 2.45) is 0 Å². The van der Waals surface area contributed by atoms with E-state index in [1.807, 2.05) is 41.3 Å². The first-order chi connectivity index (χ1) is 11.2. The average Bonchev–Trinajstić information content (AvgIpc) is 2.61. The minimum Gasteiger partial charge on any atom is -0.367 e. The number of nitrogens with zero attached hydrogens (tertiary/aromatic N) is 2. The summed E-state index contributed by atoms with van der Waals surface area (Å²) < 4.78 is 0. The van der Waals surface area contributed by atoms with E-state index in [2.05, 4.69) is 15.2 Å². The number of aromatic amines is 1. The molecule has 2 amide bonds. The van der Waals surface area contributed by atoms with Gasteiger partial charge in [0.05, 0.1) is 5.69 Å². The summed E-state index contributed by atoms with van der Waals surface area (Å²) in [5, 5.41) is 2.95. The van der Waals surface area contributed by atoms with Crippen LogP contribution in [0.15, 0.2) is 53.5 Å². The highest BCUT2D eigenvalue weighted by molar-refractivity contribution is 5.74. The molecule has 2 aromatic rings. The van der Waals surface area contributed by atoms with Crippen LogP contribution in [-0.2, 0) is 6.54 Å². The zero-order chi connectivity index (χ0) is 16.1. The number of rotatable bonds is 3. The maximum absolute atomic E-state index is 12.2. The molecule has 0 unspecified atom stereocenters. The molecule has 6 nitrogen and oxygen atoms in total. The van der Waals surface area contributed by atoms with Crippen molar-refractivity contribution < 1.29 is 4.79 Å². The molecule has 0 saturated carbocycles. The lowest BCUT2D eigenvalue weighted by atomic mass is 10.2. The second kappa shape index (κ2) is 7.00. The Hall–Kier alpha value is -2.76. The largest absolute Gasteiger partial charge is 0.367 e. The van der Waals surface area contributed by atoms with Crippen molar-refractivity contribution in [3.8, 4) is 0 Å². The summed E-state index contributed by atoms with van der Waals surface area (Å²) in [7, 11) is 0. The van der Waals surface area contributed by atoms with Crippen molar-refractivity contribution in [3.63, 3.8) is 0 Å². The molecule has 0 spiro atoms. The molecule has 3 rings (SSSR count). The molecule has 0 radical (unpaired) electrons. The van der Waals surface area contributed by atoms with Crippen LogP contribution in [0.4, 0.5) is 10.5 Å². The number of aromatic nitrogens is 1. The Morgan fingerprint density at radius 1 is 1.04 bits per heavy atom. The van der Waals surface area contributed by atoms with Crippen molar-refractivity contribution in [2.45, 2.75) is 6.54 Å². The number of carbonyl (C=O) groups is 1. The van der Waals surface area contributed by atoms with Crippen LogP contribution < -0.4 is 15.8 Å². The fourth-order valence-electron chi connectivity index (χ4n) is 2.65. The molecule has 0 aliphatic carbocycles. The number of carbonyl (C=O) groups excluding carboxylic acids is 1. The quantitative estimate of drug-likeness (QED) is 0.900. The summed E-state index contributed by atoms with van der Waals surface area (Å²) in [6, 6.07) is 13.2. The lowest BCUT2D eigenvalue weighted by molar-refractivity contribution is 0.194. The van der Waals surface area contributed by atoms with E-state index in [4.69, 9.17) is 0 Å². The molecule has 2 heterocycles. The van der Waals surface area contributed by atoms with E-state index in [1.54, 1.807) is 6.20 Å². The Morgan fingerprint density at radius 2 is 1.78 bits per heavy atom. The van der Waals surface area contributed by atoms with Crippen molar-refractivity contribution in [1.82, 2.24) is 15.2 Å². The Morgan fingerprint density at radius 3 is 2.43 bits per heavy atom. The zero-order valence-corrected chi connectivity index (χ0v) is 12.9. The molecule has 120 valence electrons. The van der Waals surface area contributed by atoms with Crippen molar-refractivity contribution in [2.75, 3.05) is 31.1 Å². The first-order valence-corrected chi connectivity index (χ1v) is 7.73. The summed E-state index contributed by atoms with van der Waals surface area (Å²) in [4.78, 5) is 30.0. The number of urea groups is 1. The first-order valence-electron chi connectivity index (χ1n) is 7.73. The van der Waals surface area contributed by atoms with Gasteiger partial charge in [0.1, 0.15) is 0 Å². The molecule has 0 bridgehead atoms. The molecule has 1 saturated heterocycles. The highest BCUT2D eigenvalue weighted by Gasteiger charge is 2.21. The Kier molecular flexibility index (Phi) is 4.61. The molecule has 1 fully saturated rings. The molecule has 2 N–H and O–H groups in total. The number of benzene rings is 1. The summed E-state index contributed by atoms with van der Waals surface area (Å²) in [5.74, 6) is 0. The summed E-state index contributed by atoms with van der Waals surface area (Å²) in [5.41, 5.74) is 1.97. The fraction of sp³-hybridized carbons (Fsp3) is 0.294. The maximum atomic E-state index is 12.2. The van der Waals surface area contributed by atoms with E-state index in [1.165, 1.54) is 6.07 Å². The number of amides is 2. The third kappa shape index (κ3) is 3.91. The normalized spacial score (nSPS) is 14.6. The van der Waals surface area contributed by atoms with Crippen LogP contribution in [0.25, 0.3) is 0 Å². The van der Waals surface area contributed by atoms with Crippen LogP contribution in [0.2, 0.25) is 0 Å². The monoisotopic (exact) mass is 312 g/mol. The lowest BCUT2D eigenvalue weighted by Crippen LogP contribution is -2.51. The van der Waals surface area contributed by atoms with Crippen molar-refractivity contribution >= 4 is 11.7 Å². The van der Waals surface area contributed by atoms with Gasteiger partial charge in [0.2, 0.25) is 5.56 Å². The number of nitrogens with one attached hydrogen (secondary N) is 2. The van der Waals surface area contributed by atoms with Crippen LogP contribution in [0.1, 0.15) is 5.56 Å². The van der Waals surface area contributed by atoms with Gasteiger partial charge in [-0.15, -0.1) is 0 Å². The molecular formula is C17H20N4O2. The van der Waals surface area contributed by atoms with Gasteiger partial charge in [0.25, 0.3) is 0 Å². The topological polar surface area (TPSA) is 68.4 Å². The van der Waals surface area contributed by atoms with Crippen molar-refractivity contribution in [1.29, 1.82) is 0 Å². The van der Waals surface area contributed by atoms with E-state index >= 15 is 0 Å². The van der Waals surface area contributed by atoms with E-state index in [9.17, 15) is 9.59 Å². The molecule has 23 heavy (non-hydrogen) atoms. The third-order valence-electron chi connectivity index (χ3n) is 3.99. The molecule has 6 heteroatoms. The average molecular weight is 312 g/mol. The number of hydrogen-bond donors (Lipinski definition) is 2. The van der Waals surface area contributed by atoms with E-state index in [0.29, 0.717) is 19.6 Å². The highest BCUT2D eigenvalue weighted by atomic mass is 16.2. The molecule has 1 aromatic carbocycles. The van der Waals surface area contributed by atoms with Crippen LogP contribution in [0, 0.1) is 0 Å². The standard InChI is InChI=1S/C17H20N4O2/c22-16-7-6-15(13-18-16)20-8-10-21(11-9-20)17(23)19-12-14-4-2-1-3-5-14/h1-7,13H,8-12H2,(H,18,22)(H,19,23). The Labute approximate surface area is 134 Å². The smallest absolute Gasteiger partial charge is 0.317 e. The third-order valence-corrected chi connectivity index (χ3v) is 3.99. The minimum absolute atomic E-state index is 0.0324. The maximum Gasteiger partial charge on any atom is 0.317 e. The summed E-state index contributed by atoms with van der Waals surface area (Å²) >= 11 is 0. The van der Waals surface area contributed by atoms with Gasteiger partial charge >= 0.3 is 6.03 Å². The van der Waals surface area contributed by atoms with Gasteiger partial charge < -0.3 is 20.1 Å². The van der Waals surface area contributed by atoms with E-state index in [-0.39, 0.29) is 11.6 Å².